The van der Waals surface area contributed by atoms with E-state index in [9.17, 15) is 20.0 Å². The molecule has 1 atom stereocenters. The molecule has 1 aromatic heterocycles. The Morgan fingerprint density at radius 2 is 2.12 bits per heavy atom. The molecule has 130 valence electrons. The molecule has 1 aromatic rings. The van der Waals surface area contributed by atoms with Gasteiger partial charge >= 0.3 is 5.82 Å². The molecular formula is C15H21N5O4. The molecule has 0 bridgehead atoms. The molecule has 0 saturated carbocycles. The van der Waals surface area contributed by atoms with Crippen molar-refractivity contribution in [3.63, 3.8) is 0 Å². The lowest BCUT2D eigenvalue weighted by Gasteiger charge is -2.35. The summed E-state index contributed by atoms with van der Waals surface area (Å²) < 4.78 is 0. The first kappa shape index (κ1) is 16.4. The topological polar surface area (TPSA) is 112 Å². The Kier molecular flexibility index (Phi) is 4.52. The number of nitrogens with zero attached hydrogens (tertiary/aromatic N) is 4. The summed E-state index contributed by atoms with van der Waals surface area (Å²) in [5, 5.41) is 23.4. The van der Waals surface area contributed by atoms with Crippen LogP contribution in [0.25, 0.3) is 0 Å². The van der Waals surface area contributed by atoms with E-state index in [-0.39, 0.29) is 18.0 Å². The molecule has 9 heteroatoms. The second-order valence-electron chi connectivity index (χ2n) is 6.45. The molecule has 3 rings (SSSR count). The molecule has 1 amide bonds. The molecule has 9 nitrogen and oxygen atoms in total. The first-order chi connectivity index (χ1) is 11.4. The van der Waals surface area contributed by atoms with Gasteiger partial charge in [-0.15, -0.1) is 0 Å². The van der Waals surface area contributed by atoms with E-state index in [0.29, 0.717) is 18.7 Å². The van der Waals surface area contributed by atoms with Crippen molar-refractivity contribution in [3.8, 4) is 5.75 Å². The van der Waals surface area contributed by atoms with E-state index in [2.05, 4.69) is 22.2 Å². The van der Waals surface area contributed by atoms with Gasteiger partial charge in [0.25, 0.3) is 0 Å². The number of aromatic hydroxyl groups is 1. The molecule has 2 aliphatic heterocycles. The average molecular weight is 335 g/mol. The summed E-state index contributed by atoms with van der Waals surface area (Å²) in [6.45, 7) is 2.59. The van der Waals surface area contributed by atoms with Gasteiger partial charge in [0, 0.05) is 25.1 Å². The normalized spacial score (nSPS) is 22.8. The summed E-state index contributed by atoms with van der Waals surface area (Å²) in [6.07, 6.45) is 3.65. The van der Waals surface area contributed by atoms with Crippen LogP contribution in [0.2, 0.25) is 0 Å². The molecule has 0 radical (unpaired) electrons. The van der Waals surface area contributed by atoms with Crippen molar-refractivity contribution < 1.29 is 14.8 Å². The molecule has 1 unspecified atom stereocenters. The summed E-state index contributed by atoms with van der Waals surface area (Å²) in [4.78, 5) is 30.1. The number of hydrogen-bond acceptors (Lipinski definition) is 7. The molecule has 2 fully saturated rings. The monoisotopic (exact) mass is 335 g/mol. The van der Waals surface area contributed by atoms with Crippen molar-refractivity contribution in [3.05, 3.63) is 22.4 Å². The summed E-state index contributed by atoms with van der Waals surface area (Å²) in [5.41, 5.74) is 0.473. The highest BCUT2D eigenvalue weighted by Gasteiger charge is 2.35. The van der Waals surface area contributed by atoms with Crippen LogP contribution in [-0.2, 0) is 4.79 Å². The number of hydrogen-bond donors (Lipinski definition) is 2. The van der Waals surface area contributed by atoms with Gasteiger partial charge in [0.2, 0.25) is 11.7 Å². The number of nitro groups is 1. The van der Waals surface area contributed by atoms with Crippen molar-refractivity contribution in [1.82, 2.24) is 14.8 Å². The number of piperidine rings is 1. The minimum absolute atomic E-state index is 0.0835. The lowest BCUT2D eigenvalue weighted by atomic mass is 10.0. The maximum atomic E-state index is 12.3. The van der Waals surface area contributed by atoms with Gasteiger partial charge in [-0.25, -0.2) is 0 Å². The van der Waals surface area contributed by atoms with Crippen LogP contribution in [0.15, 0.2) is 12.3 Å². The smallest absolute Gasteiger partial charge is 0.406 e. The van der Waals surface area contributed by atoms with Crippen LogP contribution in [0.3, 0.4) is 0 Å². The van der Waals surface area contributed by atoms with Crippen LogP contribution in [0.4, 0.5) is 11.5 Å². The van der Waals surface area contributed by atoms with Gasteiger partial charge in [-0.1, -0.05) is 0 Å². The summed E-state index contributed by atoms with van der Waals surface area (Å²) in [7, 11) is 2.08. The highest BCUT2D eigenvalue weighted by Crippen LogP contribution is 2.28. The van der Waals surface area contributed by atoms with Crippen molar-refractivity contribution in [2.75, 3.05) is 32.0 Å². The molecule has 24 heavy (non-hydrogen) atoms. The highest BCUT2D eigenvalue weighted by atomic mass is 16.6. The maximum Gasteiger partial charge on any atom is 0.406 e. The third kappa shape index (κ3) is 3.40. The Bertz CT molecular complexity index is 645. The van der Waals surface area contributed by atoms with Gasteiger partial charge in [0.15, 0.2) is 6.20 Å². The average Bonchev–Trinajstić information content (AvgIpc) is 2.88. The highest BCUT2D eigenvalue weighted by molar-refractivity contribution is 5.80. The second-order valence-corrected chi connectivity index (χ2v) is 6.45. The standard InChI is InChI=1S/C15H21N5O4/c1-18-4-2-12(3-5-18)19-9-11(7-14(19)22)17-10-6-13(21)15(16-8-10)20(23)24/h6,8,11-12,17,21H,2-5,7,9H2,1H3. The number of carbonyl (C=O) groups is 1. The largest absolute Gasteiger partial charge is 0.501 e. The van der Waals surface area contributed by atoms with Crippen LogP contribution >= 0.6 is 0 Å². The number of pyridine rings is 1. The zero-order chi connectivity index (χ0) is 17.3. The Morgan fingerprint density at radius 3 is 2.75 bits per heavy atom. The van der Waals surface area contributed by atoms with Gasteiger partial charge in [0.05, 0.1) is 11.7 Å². The van der Waals surface area contributed by atoms with Crippen molar-refractivity contribution in [2.24, 2.45) is 0 Å². The van der Waals surface area contributed by atoms with E-state index in [4.69, 9.17) is 0 Å². The molecule has 2 N–H and O–H groups in total. The lowest BCUT2D eigenvalue weighted by Crippen LogP contribution is -2.44. The Morgan fingerprint density at radius 1 is 1.42 bits per heavy atom. The predicted octanol–water partition coefficient (Wildman–Crippen LogP) is 0.802. The van der Waals surface area contributed by atoms with Gasteiger partial charge in [-0.05, 0) is 42.9 Å². The van der Waals surface area contributed by atoms with Gasteiger partial charge < -0.3 is 30.3 Å². The maximum absolute atomic E-state index is 12.3. The van der Waals surface area contributed by atoms with E-state index in [1.807, 2.05) is 4.90 Å². The Balaban J connectivity index is 1.62. The van der Waals surface area contributed by atoms with E-state index in [0.717, 1.165) is 25.9 Å². The fraction of sp³-hybridized carbons (Fsp3) is 0.600. The summed E-state index contributed by atoms with van der Waals surface area (Å²) in [6, 6.07) is 1.47. The van der Waals surface area contributed by atoms with Crippen LogP contribution in [-0.4, -0.2) is 69.5 Å². The number of rotatable bonds is 4. The first-order valence-electron chi connectivity index (χ1n) is 8.02. The number of carbonyl (C=O) groups excluding carboxylic acids is 1. The molecule has 2 saturated heterocycles. The molecule has 3 heterocycles. The fourth-order valence-corrected chi connectivity index (χ4v) is 3.39. The van der Waals surface area contributed by atoms with E-state index < -0.39 is 16.5 Å². The van der Waals surface area contributed by atoms with Crippen LogP contribution in [0, 0.1) is 10.1 Å². The van der Waals surface area contributed by atoms with E-state index in [1.54, 1.807) is 0 Å². The first-order valence-corrected chi connectivity index (χ1v) is 8.02. The van der Waals surface area contributed by atoms with Gasteiger partial charge in [0.1, 0.15) is 0 Å². The number of anilines is 1. The van der Waals surface area contributed by atoms with Crippen molar-refractivity contribution >= 4 is 17.4 Å². The van der Waals surface area contributed by atoms with Crippen LogP contribution < -0.4 is 5.32 Å². The minimum Gasteiger partial charge on any atom is -0.501 e. The predicted molar refractivity (Wildman–Crippen MR) is 86.8 cm³/mol. The molecule has 0 aromatic carbocycles. The minimum atomic E-state index is -0.736. The van der Waals surface area contributed by atoms with Gasteiger partial charge in [-0.2, -0.15) is 0 Å². The molecule has 0 spiro atoms. The second kappa shape index (κ2) is 6.60. The Hall–Kier alpha value is -2.42. The van der Waals surface area contributed by atoms with Crippen molar-refractivity contribution in [1.29, 1.82) is 0 Å². The van der Waals surface area contributed by atoms with E-state index in [1.165, 1.54) is 12.3 Å². The van der Waals surface area contributed by atoms with Crippen LogP contribution in [0.1, 0.15) is 19.3 Å². The lowest BCUT2D eigenvalue weighted by molar-refractivity contribution is -0.390. The van der Waals surface area contributed by atoms with Crippen LogP contribution in [0.5, 0.6) is 5.75 Å². The molecular weight excluding hydrogens is 314 g/mol. The summed E-state index contributed by atoms with van der Waals surface area (Å²) in [5.74, 6) is -0.932. The number of likely N-dealkylation sites (tertiary alicyclic amines) is 2. The zero-order valence-electron chi connectivity index (χ0n) is 13.5. The fourth-order valence-electron chi connectivity index (χ4n) is 3.39. The molecule has 0 aliphatic carbocycles. The Labute approximate surface area is 139 Å². The van der Waals surface area contributed by atoms with Gasteiger partial charge in [-0.3, -0.25) is 4.79 Å². The quantitative estimate of drug-likeness (QED) is 0.618. The third-order valence-electron chi connectivity index (χ3n) is 4.68. The third-order valence-corrected chi connectivity index (χ3v) is 4.68. The molecule has 2 aliphatic rings. The number of aromatic nitrogens is 1. The van der Waals surface area contributed by atoms with Crippen molar-refractivity contribution in [2.45, 2.75) is 31.3 Å². The summed E-state index contributed by atoms with van der Waals surface area (Å²) >= 11 is 0. The number of amides is 1. The SMILES string of the molecule is CN1CCC(N2CC(Nc3cnc([N+](=O)[O-])c(O)c3)CC2=O)CC1. The zero-order valence-corrected chi connectivity index (χ0v) is 13.5. The number of nitrogens with one attached hydrogen (secondary N) is 1. The van der Waals surface area contributed by atoms with E-state index >= 15 is 0 Å².